The lowest BCUT2D eigenvalue weighted by atomic mass is 10.1. The van der Waals surface area contributed by atoms with Crippen LogP contribution in [0.15, 0.2) is 65.1 Å². The summed E-state index contributed by atoms with van der Waals surface area (Å²) in [5.41, 5.74) is 2.89. The molecule has 0 saturated heterocycles. The first-order valence-corrected chi connectivity index (χ1v) is 9.15. The van der Waals surface area contributed by atoms with Gasteiger partial charge in [-0.25, -0.2) is 4.98 Å². The topological polar surface area (TPSA) is 73.6 Å². The normalized spacial score (nSPS) is 10.7. The van der Waals surface area contributed by atoms with Gasteiger partial charge in [-0.1, -0.05) is 23.7 Å². The van der Waals surface area contributed by atoms with Crippen molar-refractivity contribution < 1.29 is 18.7 Å². The number of aromatic nitrogens is 1. The van der Waals surface area contributed by atoms with E-state index in [-0.39, 0.29) is 5.91 Å². The SMILES string of the molecule is COc1ccc(C(=O)Nc2ccc3oc(-c4ccccc4Cl)nc3c2)c(OC)c1. The van der Waals surface area contributed by atoms with Crippen molar-refractivity contribution in [1.29, 1.82) is 0 Å². The molecule has 0 saturated carbocycles. The van der Waals surface area contributed by atoms with Crippen LogP contribution in [-0.4, -0.2) is 25.1 Å². The summed E-state index contributed by atoms with van der Waals surface area (Å²) in [6.45, 7) is 0. The lowest BCUT2D eigenvalue weighted by molar-refractivity contribution is 0.102. The molecule has 0 aliphatic heterocycles. The molecule has 3 aromatic carbocycles. The Labute approximate surface area is 172 Å². The first-order chi connectivity index (χ1) is 14.1. The Morgan fingerprint density at radius 1 is 1.03 bits per heavy atom. The van der Waals surface area contributed by atoms with Crippen LogP contribution < -0.4 is 14.8 Å². The largest absolute Gasteiger partial charge is 0.497 e. The zero-order chi connectivity index (χ0) is 20.4. The van der Waals surface area contributed by atoms with E-state index in [1.54, 1.807) is 49.6 Å². The van der Waals surface area contributed by atoms with Gasteiger partial charge < -0.3 is 19.2 Å². The summed E-state index contributed by atoms with van der Waals surface area (Å²) in [7, 11) is 3.06. The molecule has 1 aromatic heterocycles. The van der Waals surface area contributed by atoms with E-state index in [2.05, 4.69) is 10.3 Å². The van der Waals surface area contributed by atoms with Crippen molar-refractivity contribution in [2.45, 2.75) is 0 Å². The molecule has 0 atom stereocenters. The molecule has 1 N–H and O–H groups in total. The van der Waals surface area contributed by atoms with E-state index >= 15 is 0 Å². The van der Waals surface area contributed by atoms with Crippen molar-refractivity contribution in [3.8, 4) is 23.0 Å². The molecule has 1 heterocycles. The summed E-state index contributed by atoms with van der Waals surface area (Å²) in [6.07, 6.45) is 0. The Balaban J connectivity index is 1.62. The van der Waals surface area contributed by atoms with E-state index < -0.39 is 0 Å². The highest BCUT2D eigenvalue weighted by atomic mass is 35.5. The fourth-order valence-electron chi connectivity index (χ4n) is 2.94. The van der Waals surface area contributed by atoms with Crippen LogP contribution in [-0.2, 0) is 0 Å². The zero-order valence-corrected chi connectivity index (χ0v) is 16.5. The molecule has 1 amide bonds. The number of carbonyl (C=O) groups excluding carboxylic acids is 1. The van der Waals surface area contributed by atoms with Crippen molar-refractivity contribution in [3.63, 3.8) is 0 Å². The van der Waals surface area contributed by atoms with Crippen LogP contribution in [0, 0.1) is 0 Å². The first kappa shape index (κ1) is 18.8. The highest BCUT2D eigenvalue weighted by molar-refractivity contribution is 6.33. The Morgan fingerprint density at radius 3 is 2.62 bits per heavy atom. The second-order valence-electron chi connectivity index (χ2n) is 6.20. The molecule has 4 aromatic rings. The number of benzene rings is 3. The van der Waals surface area contributed by atoms with Crippen molar-refractivity contribution >= 4 is 34.3 Å². The van der Waals surface area contributed by atoms with Crippen molar-refractivity contribution in [2.24, 2.45) is 0 Å². The van der Waals surface area contributed by atoms with Gasteiger partial charge >= 0.3 is 0 Å². The van der Waals surface area contributed by atoms with E-state index in [0.29, 0.717) is 50.3 Å². The molecule has 7 heteroatoms. The van der Waals surface area contributed by atoms with E-state index in [4.69, 9.17) is 25.5 Å². The molecule has 0 aliphatic carbocycles. The van der Waals surface area contributed by atoms with E-state index in [1.165, 1.54) is 7.11 Å². The standard InChI is InChI=1S/C22H17ClN2O4/c1-27-14-8-9-16(20(12-14)28-2)21(26)24-13-7-10-19-18(11-13)25-22(29-19)15-5-3-4-6-17(15)23/h3-12H,1-2H3,(H,24,26). The van der Waals surface area contributed by atoms with Gasteiger partial charge in [0.25, 0.3) is 5.91 Å². The molecule has 0 spiro atoms. The van der Waals surface area contributed by atoms with Crippen LogP contribution in [0.2, 0.25) is 5.02 Å². The number of hydrogen-bond donors (Lipinski definition) is 1. The molecule has 0 fully saturated rings. The summed E-state index contributed by atoms with van der Waals surface area (Å²) in [4.78, 5) is 17.2. The van der Waals surface area contributed by atoms with Crippen LogP contribution in [0.25, 0.3) is 22.6 Å². The number of anilines is 1. The lowest BCUT2D eigenvalue weighted by Gasteiger charge is -2.10. The molecule has 146 valence electrons. The van der Waals surface area contributed by atoms with Gasteiger partial charge in [0.05, 0.1) is 30.4 Å². The number of ether oxygens (including phenoxy) is 2. The van der Waals surface area contributed by atoms with Crippen LogP contribution in [0.1, 0.15) is 10.4 Å². The second-order valence-corrected chi connectivity index (χ2v) is 6.61. The van der Waals surface area contributed by atoms with E-state index in [0.717, 1.165) is 0 Å². The Hall–Kier alpha value is -3.51. The van der Waals surface area contributed by atoms with Crippen molar-refractivity contribution in [2.75, 3.05) is 19.5 Å². The van der Waals surface area contributed by atoms with Gasteiger partial charge in [0.15, 0.2) is 5.58 Å². The number of amides is 1. The van der Waals surface area contributed by atoms with Gasteiger partial charge in [-0.15, -0.1) is 0 Å². The number of nitrogens with zero attached hydrogens (tertiary/aromatic N) is 1. The van der Waals surface area contributed by atoms with Gasteiger partial charge in [-0.05, 0) is 42.5 Å². The molecule has 4 rings (SSSR count). The third-order valence-corrected chi connectivity index (χ3v) is 4.73. The summed E-state index contributed by atoms with van der Waals surface area (Å²) >= 11 is 6.23. The first-order valence-electron chi connectivity index (χ1n) is 8.78. The zero-order valence-electron chi connectivity index (χ0n) is 15.7. The lowest BCUT2D eigenvalue weighted by Crippen LogP contribution is -2.13. The molecule has 0 bridgehead atoms. The number of nitrogens with one attached hydrogen (secondary N) is 1. The van der Waals surface area contributed by atoms with Crippen LogP contribution in [0.5, 0.6) is 11.5 Å². The number of halogens is 1. The van der Waals surface area contributed by atoms with Gasteiger partial charge in [0.2, 0.25) is 5.89 Å². The van der Waals surface area contributed by atoms with Crippen molar-refractivity contribution in [3.05, 3.63) is 71.2 Å². The maximum atomic E-state index is 12.7. The molecule has 29 heavy (non-hydrogen) atoms. The van der Waals surface area contributed by atoms with E-state index in [9.17, 15) is 4.79 Å². The molecular formula is C22H17ClN2O4. The minimum Gasteiger partial charge on any atom is -0.497 e. The maximum Gasteiger partial charge on any atom is 0.259 e. The van der Waals surface area contributed by atoms with Crippen LogP contribution in [0.4, 0.5) is 5.69 Å². The monoisotopic (exact) mass is 408 g/mol. The summed E-state index contributed by atoms with van der Waals surface area (Å²) in [5.74, 6) is 1.14. The summed E-state index contributed by atoms with van der Waals surface area (Å²) in [6, 6.07) is 17.6. The van der Waals surface area contributed by atoms with Gasteiger partial charge in [-0.2, -0.15) is 0 Å². The third kappa shape index (κ3) is 3.75. The minimum atomic E-state index is -0.307. The predicted octanol–water partition coefficient (Wildman–Crippen LogP) is 5.42. The average Bonchev–Trinajstić information content (AvgIpc) is 3.16. The van der Waals surface area contributed by atoms with Crippen LogP contribution in [0.3, 0.4) is 0 Å². The second kappa shape index (κ2) is 7.85. The number of oxazole rings is 1. The average molecular weight is 409 g/mol. The smallest absolute Gasteiger partial charge is 0.259 e. The van der Waals surface area contributed by atoms with Crippen LogP contribution >= 0.6 is 11.6 Å². The fourth-order valence-corrected chi connectivity index (χ4v) is 3.16. The highest BCUT2D eigenvalue weighted by Crippen LogP contribution is 2.31. The van der Waals surface area contributed by atoms with E-state index in [1.807, 2.05) is 18.2 Å². The summed E-state index contributed by atoms with van der Waals surface area (Å²) < 4.78 is 16.3. The maximum absolute atomic E-state index is 12.7. The minimum absolute atomic E-state index is 0.307. The van der Waals surface area contributed by atoms with Crippen molar-refractivity contribution in [1.82, 2.24) is 4.98 Å². The Morgan fingerprint density at radius 2 is 1.86 bits per heavy atom. The quantitative estimate of drug-likeness (QED) is 0.477. The molecule has 0 radical (unpaired) electrons. The molecular weight excluding hydrogens is 392 g/mol. The molecule has 6 nitrogen and oxygen atoms in total. The van der Waals surface area contributed by atoms with Gasteiger partial charge in [-0.3, -0.25) is 4.79 Å². The number of methoxy groups -OCH3 is 2. The molecule has 0 aliphatic rings. The predicted molar refractivity (Wildman–Crippen MR) is 112 cm³/mol. The Bertz CT molecular complexity index is 1200. The number of rotatable bonds is 5. The number of fused-ring (bicyclic) bond motifs is 1. The van der Waals surface area contributed by atoms with Gasteiger partial charge in [0, 0.05) is 11.8 Å². The highest BCUT2D eigenvalue weighted by Gasteiger charge is 2.15. The third-order valence-electron chi connectivity index (χ3n) is 4.40. The summed E-state index contributed by atoms with van der Waals surface area (Å²) in [5, 5.41) is 3.41. The fraction of sp³-hybridized carbons (Fsp3) is 0.0909. The molecule has 0 unspecified atom stereocenters. The number of carbonyl (C=O) groups is 1. The number of hydrogen-bond acceptors (Lipinski definition) is 5. The Kier molecular flexibility index (Phi) is 5.10. The van der Waals surface area contributed by atoms with Gasteiger partial charge in [0.1, 0.15) is 17.0 Å².